The van der Waals surface area contributed by atoms with Gasteiger partial charge in [0.2, 0.25) is 0 Å². The van der Waals surface area contributed by atoms with Gasteiger partial charge in [0.1, 0.15) is 0 Å². The first-order valence-electron chi connectivity index (χ1n) is 5.77. The molecule has 0 fully saturated rings. The van der Waals surface area contributed by atoms with E-state index in [1.165, 1.54) is 11.3 Å². The molecule has 0 radical (unpaired) electrons. The van der Waals surface area contributed by atoms with Gasteiger partial charge in [-0.25, -0.2) is 0 Å². The lowest BCUT2D eigenvalue weighted by atomic mass is 10.1. The molecule has 94 valence electrons. The average molecular weight is 269 g/mol. The second-order valence-corrected chi connectivity index (χ2v) is 5.30. The Labute approximate surface area is 113 Å². The van der Waals surface area contributed by atoms with Crippen LogP contribution in [0.15, 0.2) is 53.3 Å². The lowest BCUT2D eigenvalue weighted by molar-refractivity contribution is 0.484. The van der Waals surface area contributed by atoms with E-state index >= 15 is 0 Å². The SMILES string of the molecule is Nc1ccc2sc(-c3ccccc3)cc(=O)c2c1O. The Morgan fingerprint density at radius 2 is 1.79 bits per heavy atom. The van der Waals surface area contributed by atoms with Crippen LogP contribution in [0, 0.1) is 0 Å². The lowest BCUT2D eigenvalue weighted by Gasteiger charge is -2.05. The minimum absolute atomic E-state index is 0.127. The van der Waals surface area contributed by atoms with Crippen molar-refractivity contribution in [3.63, 3.8) is 0 Å². The molecule has 19 heavy (non-hydrogen) atoms. The summed E-state index contributed by atoms with van der Waals surface area (Å²) in [6, 6.07) is 14.6. The zero-order valence-electron chi connectivity index (χ0n) is 9.96. The summed E-state index contributed by atoms with van der Waals surface area (Å²) in [7, 11) is 0. The van der Waals surface area contributed by atoms with Crippen LogP contribution in [0.4, 0.5) is 5.69 Å². The molecule has 4 heteroatoms. The van der Waals surface area contributed by atoms with E-state index in [-0.39, 0.29) is 16.9 Å². The third-order valence-corrected chi connectivity index (χ3v) is 4.09. The molecule has 0 aliphatic rings. The molecule has 0 atom stereocenters. The van der Waals surface area contributed by atoms with Gasteiger partial charge in [0, 0.05) is 15.6 Å². The van der Waals surface area contributed by atoms with Crippen LogP contribution in [0.5, 0.6) is 5.75 Å². The van der Waals surface area contributed by atoms with Crippen molar-refractivity contribution < 1.29 is 5.11 Å². The fourth-order valence-corrected chi connectivity index (χ4v) is 3.09. The predicted octanol–water partition coefficient (Wildman–Crippen LogP) is 3.22. The Kier molecular flexibility index (Phi) is 2.72. The molecule has 0 saturated heterocycles. The fourth-order valence-electron chi connectivity index (χ4n) is 2.00. The number of nitrogens with two attached hydrogens (primary N) is 1. The third-order valence-electron chi connectivity index (χ3n) is 2.96. The van der Waals surface area contributed by atoms with Crippen molar-refractivity contribution in [2.75, 3.05) is 5.73 Å². The fraction of sp³-hybridized carbons (Fsp3) is 0. The van der Waals surface area contributed by atoms with E-state index in [2.05, 4.69) is 0 Å². The van der Waals surface area contributed by atoms with Crippen LogP contribution in [0.1, 0.15) is 0 Å². The summed E-state index contributed by atoms with van der Waals surface area (Å²) in [6.45, 7) is 0. The van der Waals surface area contributed by atoms with Crippen LogP contribution in [0.3, 0.4) is 0 Å². The first-order chi connectivity index (χ1) is 9.16. The van der Waals surface area contributed by atoms with Crippen molar-refractivity contribution in [1.29, 1.82) is 0 Å². The van der Waals surface area contributed by atoms with Gasteiger partial charge in [0.25, 0.3) is 0 Å². The van der Waals surface area contributed by atoms with Gasteiger partial charge in [-0.05, 0) is 17.7 Å². The Morgan fingerprint density at radius 1 is 1.05 bits per heavy atom. The van der Waals surface area contributed by atoms with Gasteiger partial charge in [0.05, 0.1) is 11.1 Å². The number of anilines is 1. The molecule has 2 aromatic carbocycles. The highest BCUT2D eigenvalue weighted by Crippen LogP contribution is 2.34. The van der Waals surface area contributed by atoms with Gasteiger partial charge in [-0.15, -0.1) is 11.3 Å². The van der Waals surface area contributed by atoms with Crippen molar-refractivity contribution >= 4 is 27.1 Å². The molecule has 1 heterocycles. The number of phenolic OH excluding ortho intramolecular Hbond substituents is 1. The summed E-state index contributed by atoms with van der Waals surface area (Å²) in [6.07, 6.45) is 0. The highest BCUT2D eigenvalue weighted by atomic mass is 32.1. The van der Waals surface area contributed by atoms with Crippen molar-refractivity contribution in [3.05, 3.63) is 58.8 Å². The third kappa shape index (κ3) is 1.96. The molecule has 0 aliphatic heterocycles. The molecule has 0 aliphatic carbocycles. The van der Waals surface area contributed by atoms with Gasteiger partial charge < -0.3 is 10.8 Å². The van der Waals surface area contributed by atoms with Crippen molar-refractivity contribution in [3.8, 4) is 16.2 Å². The van der Waals surface area contributed by atoms with Crippen LogP contribution in [-0.4, -0.2) is 5.11 Å². The maximum atomic E-state index is 12.1. The largest absolute Gasteiger partial charge is 0.505 e. The number of benzene rings is 2. The molecule has 1 aromatic heterocycles. The molecule has 3 nitrogen and oxygen atoms in total. The van der Waals surface area contributed by atoms with Crippen molar-refractivity contribution in [2.45, 2.75) is 0 Å². The van der Waals surface area contributed by atoms with Crippen LogP contribution >= 0.6 is 11.3 Å². The van der Waals surface area contributed by atoms with Gasteiger partial charge in [-0.2, -0.15) is 0 Å². The number of fused-ring (bicyclic) bond motifs is 1. The Bertz CT molecular complexity index is 809. The van der Waals surface area contributed by atoms with E-state index in [9.17, 15) is 9.90 Å². The van der Waals surface area contributed by atoms with E-state index in [0.717, 1.165) is 15.1 Å². The molecule has 3 rings (SSSR count). The number of nitrogen functional groups attached to an aromatic ring is 1. The summed E-state index contributed by atoms with van der Waals surface area (Å²) in [4.78, 5) is 13.0. The van der Waals surface area contributed by atoms with E-state index in [1.54, 1.807) is 18.2 Å². The van der Waals surface area contributed by atoms with Crippen LogP contribution < -0.4 is 11.2 Å². The van der Waals surface area contributed by atoms with E-state index < -0.39 is 0 Å². The van der Waals surface area contributed by atoms with Crippen LogP contribution in [0.25, 0.3) is 20.5 Å². The topological polar surface area (TPSA) is 63.3 Å². The monoisotopic (exact) mass is 269 g/mol. The van der Waals surface area contributed by atoms with Gasteiger partial charge in [-0.3, -0.25) is 4.79 Å². The minimum atomic E-state index is -0.211. The zero-order valence-corrected chi connectivity index (χ0v) is 10.8. The summed E-state index contributed by atoms with van der Waals surface area (Å²) < 4.78 is 0.734. The second kappa shape index (κ2) is 4.40. The summed E-state index contributed by atoms with van der Waals surface area (Å²) in [5.74, 6) is -0.127. The summed E-state index contributed by atoms with van der Waals surface area (Å²) >= 11 is 1.46. The highest BCUT2D eigenvalue weighted by Gasteiger charge is 2.10. The first kappa shape index (κ1) is 11.7. The molecule has 3 aromatic rings. The number of phenols is 1. The Balaban J connectivity index is 2.33. The summed E-state index contributed by atoms with van der Waals surface area (Å²) in [5, 5.41) is 10.2. The minimum Gasteiger partial charge on any atom is -0.505 e. The van der Waals surface area contributed by atoms with E-state index in [4.69, 9.17) is 5.73 Å². The van der Waals surface area contributed by atoms with Crippen LogP contribution in [-0.2, 0) is 0 Å². The molecule has 0 saturated carbocycles. The molecule has 0 bridgehead atoms. The first-order valence-corrected chi connectivity index (χ1v) is 6.59. The number of hydrogen-bond donors (Lipinski definition) is 2. The van der Waals surface area contributed by atoms with E-state index in [1.807, 2.05) is 30.3 Å². The average Bonchev–Trinajstić information content (AvgIpc) is 2.43. The van der Waals surface area contributed by atoms with Crippen LogP contribution in [0.2, 0.25) is 0 Å². The second-order valence-electron chi connectivity index (χ2n) is 4.22. The lowest BCUT2D eigenvalue weighted by Crippen LogP contribution is -2.00. The van der Waals surface area contributed by atoms with E-state index in [0.29, 0.717) is 5.39 Å². The van der Waals surface area contributed by atoms with Gasteiger partial charge >= 0.3 is 0 Å². The molecule has 3 N–H and O–H groups in total. The number of hydrogen-bond acceptors (Lipinski definition) is 4. The molecule has 0 spiro atoms. The Hall–Kier alpha value is -2.33. The predicted molar refractivity (Wildman–Crippen MR) is 79.6 cm³/mol. The zero-order chi connectivity index (χ0) is 13.4. The quantitative estimate of drug-likeness (QED) is 0.526. The standard InChI is InChI=1S/C15H11NO2S/c16-10-6-7-12-14(15(10)18)11(17)8-13(19-12)9-4-2-1-3-5-9/h1-8,18H,16H2. The maximum absolute atomic E-state index is 12.1. The highest BCUT2D eigenvalue weighted by molar-refractivity contribution is 7.21. The smallest absolute Gasteiger partial charge is 0.192 e. The van der Waals surface area contributed by atoms with Gasteiger partial charge in [-0.1, -0.05) is 30.3 Å². The summed E-state index contributed by atoms with van der Waals surface area (Å²) in [5.41, 5.74) is 6.62. The molecular formula is C15H11NO2S. The van der Waals surface area contributed by atoms with Gasteiger partial charge in [0.15, 0.2) is 11.2 Å². The molecular weight excluding hydrogens is 258 g/mol. The number of rotatable bonds is 1. The number of aromatic hydroxyl groups is 1. The molecule has 0 unspecified atom stereocenters. The van der Waals surface area contributed by atoms with Crippen molar-refractivity contribution in [2.24, 2.45) is 0 Å². The maximum Gasteiger partial charge on any atom is 0.192 e. The van der Waals surface area contributed by atoms with Crippen molar-refractivity contribution in [1.82, 2.24) is 0 Å². The Morgan fingerprint density at radius 3 is 2.53 bits per heavy atom. The normalized spacial score (nSPS) is 10.7. The molecule has 0 amide bonds.